The molecule has 0 saturated heterocycles. The van der Waals surface area contributed by atoms with E-state index in [-0.39, 0.29) is 5.82 Å². The second-order valence-electron chi connectivity index (χ2n) is 5.98. The Labute approximate surface area is 160 Å². The maximum absolute atomic E-state index is 14.1. The largest absolute Gasteiger partial charge is 0.346 e. The molecule has 134 valence electrons. The number of rotatable bonds is 5. The molecule has 7 heteroatoms. The van der Waals surface area contributed by atoms with Gasteiger partial charge in [-0.2, -0.15) is 0 Å². The molecular weight excluding hydrogens is 365 g/mol. The first-order valence-corrected chi connectivity index (χ1v) is 8.73. The molecule has 0 atom stereocenters. The molecule has 27 heavy (non-hydrogen) atoms. The number of hydrogen-bond acceptors (Lipinski definition) is 5. The number of nitrogens with zero attached hydrogens (tertiary/aromatic N) is 5. The lowest BCUT2D eigenvalue weighted by Crippen LogP contribution is -2.24. The van der Waals surface area contributed by atoms with Crippen LogP contribution in [0.2, 0.25) is 5.15 Å². The summed E-state index contributed by atoms with van der Waals surface area (Å²) in [6, 6.07) is 14.3. The number of aromatic nitrogens is 4. The van der Waals surface area contributed by atoms with Gasteiger partial charge in [0.25, 0.3) is 0 Å². The number of benzene rings is 1. The fourth-order valence-corrected chi connectivity index (χ4v) is 3.08. The zero-order valence-corrected chi connectivity index (χ0v) is 15.0. The van der Waals surface area contributed by atoms with Gasteiger partial charge in [-0.25, -0.2) is 14.4 Å². The Morgan fingerprint density at radius 3 is 2.63 bits per heavy atom. The molecule has 0 spiro atoms. The lowest BCUT2D eigenvalue weighted by Gasteiger charge is -2.24. The van der Waals surface area contributed by atoms with Crippen LogP contribution in [0.5, 0.6) is 0 Å². The molecule has 0 aliphatic rings. The van der Waals surface area contributed by atoms with Crippen molar-refractivity contribution in [1.82, 2.24) is 19.9 Å². The summed E-state index contributed by atoms with van der Waals surface area (Å²) >= 11 is 6.06. The van der Waals surface area contributed by atoms with Gasteiger partial charge in [-0.3, -0.25) is 9.97 Å². The van der Waals surface area contributed by atoms with Gasteiger partial charge < -0.3 is 4.90 Å². The van der Waals surface area contributed by atoms with Crippen LogP contribution in [0, 0.1) is 5.82 Å². The number of hydrogen-bond donors (Lipinski definition) is 0. The third-order valence-corrected chi connectivity index (χ3v) is 4.40. The normalized spacial score (nSPS) is 10.9. The summed E-state index contributed by atoms with van der Waals surface area (Å²) in [7, 11) is 0. The zero-order valence-electron chi connectivity index (χ0n) is 14.3. The van der Waals surface area contributed by atoms with Crippen molar-refractivity contribution >= 4 is 28.3 Å². The number of anilines is 1. The van der Waals surface area contributed by atoms with Crippen molar-refractivity contribution < 1.29 is 4.39 Å². The summed E-state index contributed by atoms with van der Waals surface area (Å²) in [5.41, 5.74) is 2.18. The molecule has 0 amide bonds. The summed E-state index contributed by atoms with van der Waals surface area (Å²) in [5, 5.41) is 1.13. The minimum atomic E-state index is -0.337. The van der Waals surface area contributed by atoms with E-state index in [1.54, 1.807) is 24.5 Å². The predicted molar refractivity (Wildman–Crippen MR) is 103 cm³/mol. The van der Waals surface area contributed by atoms with Gasteiger partial charge in [0, 0.05) is 30.4 Å². The Morgan fingerprint density at radius 2 is 1.81 bits per heavy atom. The maximum atomic E-state index is 14.1. The topological polar surface area (TPSA) is 54.8 Å². The van der Waals surface area contributed by atoms with Crippen molar-refractivity contribution in [2.75, 3.05) is 4.90 Å². The number of fused-ring (bicyclic) bond motifs is 1. The van der Waals surface area contributed by atoms with E-state index in [1.165, 1.54) is 12.4 Å². The first-order valence-electron chi connectivity index (χ1n) is 8.35. The molecule has 0 N–H and O–H groups in total. The van der Waals surface area contributed by atoms with Crippen LogP contribution < -0.4 is 4.90 Å². The maximum Gasteiger partial charge on any atom is 0.149 e. The van der Waals surface area contributed by atoms with Crippen LogP contribution in [-0.2, 0) is 13.1 Å². The van der Waals surface area contributed by atoms with Crippen LogP contribution in [-0.4, -0.2) is 19.9 Å². The van der Waals surface area contributed by atoms with Gasteiger partial charge >= 0.3 is 0 Å². The molecule has 0 bridgehead atoms. The standard InChI is InChI=1S/C20H15ClFN5/c21-18-10-19(26-13-25-18)27(12-15-4-1-2-8-23-15)11-14-7-9-24-20-16(14)5-3-6-17(20)22/h1-10,13H,11-12H2. The second kappa shape index (κ2) is 7.63. The van der Waals surface area contributed by atoms with Crippen LogP contribution in [0.15, 0.2) is 67.3 Å². The Bertz CT molecular complexity index is 1070. The van der Waals surface area contributed by atoms with E-state index in [0.29, 0.717) is 29.6 Å². The molecule has 0 fully saturated rings. The van der Waals surface area contributed by atoms with Gasteiger partial charge in [0.2, 0.25) is 0 Å². The van der Waals surface area contributed by atoms with Gasteiger partial charge in [0.15, 0.2) is 0 Å². The average Bonchev–Trinajstić information content (AvgIpc) is 2.69. The molecular formula is C20H15ClFN5. The molecule has 3 heterocycles. The summed E-state index contributed by atoms with van der Waals surface area (Å²) < 4.78 is 14.1. The molecule has 4 rings (SSSR count). The van der Waals surface area contributed by atoms with Crippen LogP contribution in [0.3, 0.4) is 0 Å². The molecule has 0 radical (unpaired) electrons. The fraction of sp³-hybridized carbons (Fsp3) is 0.100. The van der Waals surface area contributed by atoms with E-state index in [9.17, 15) is 4.39 Å². The molecule has 4 aromatic rings. The lowest BCUT2D eigenvalue weighted by atomic mass is 10.1. The molecule has 0 unspecified atom stereocenters. The molecule has 1 aromatic carbocycles. The second-order valence-corrected chi connectivity index (χ2v) is 6.37. The van der Waals surface area contributed by atoms with Gasteiger partial charge in [-0.15, -0.1) is 0 Å². The third-order valence-electron chi connectivity index (χ3n) is 4.20. The van der Waals surface area contributed by atoms with Gasteiger partial charge in [0.1, 0.15) is 28.6 Å². The van der Waals surface area contributed by atoms with Crippen molar-refractivity contribution in [2.45, 2.75) is 13.1 Å². The van der Waals surface area contributed by atoms with Crippen molar-refractivity contribution in [3.8, 4) is 0 Å². The Kier molecular flexibility index (Phi) is 4.89. The summed E-state index contributed by atoms with van der Waals surface area (Å²) in [5.74, 6) is 0.331. The summed E-state index contributed by atoms with van der Waals surface area (Å²) in [6.07, 6.45) is 4.79. The molecule has 3 aromatic heterocycles. The highest BCUT2D eigenvalue weighted by Crippen LogP contribution is 2.24. The monoisotopic (exact) mass is 379 g/mol. The van der Waals surface area contributed by atoms with E-state index in [4.69, 9.17) is 11.6 Å². The minimum Gasteiger partial charge on any atom is -0.346 e. The predicted octanol–water partition coefficient (Wildman–Crippen LogP) is 4.42. The van der Waals surface area contributed by atoms with E-state index in [1.807, 2.05) is 35.2 Å². The first-order chi connectivity index (χ1) is 13.2. The van der Waals surface area contributed by atoms with Gasteiger partial charge in [-0.1, -0.05) is 29.8 Å². The van der Waals surface area contributed by atoms with E-state index >= 15 is 0 Å². The SMILES string of the molecule is Fc1cccc2c(CN(Cc3ccccn3)c3cc(Cl)ncn3)ccnc12. The van der Waals surface area contributed by atoms with Crippen molar-refractivity contribution in [1.29, 1.82) is 0 Å². The number of para-hydroxylation sites is 1. The Hall–Kier alpha value is -3.12. The van der Waals surface area contributed by atoms with Crippen molar-refractivity contribution in [2.24, 2.45) is 0 Å². The van der Waals surface area contributed by atoms with E-state index in [0.717, 1.165) is 16.6 Å². The van der Waals surface area contributed by atoms with Crippen molar-refractivity contribution in [3.63, 3.8) is 0 Å². The summed E-state index contributed by atoms with van der Waals surface area (Å²) in [6.45, 7) is 1.01. The minimum absolute atomic E-state index is 0.337. The lowest BCUT2D eigenvalue weighted by molar-refractivity contribution is 0.636. The first kappa shape index (κ1) is 17.3. The van der Waals surface area contributed by atoms with E-state index in [2.05, 4.69) is 19.9 Å². The van der Waals surface area contributed by atoms with Crippen LogP contribution >= 0.6 is 11.6 Å². The number of halogens is 2. The average molecular weight is 380 g/mol. The molecule has 0 aliphatic heterocycles. The van der Waals surface area contributed by atoms with Crippen LogP contribution in [0.1, 0.15) is 11.3 Å². The summed E-state index contributed by atoms with van der Waals surface area (Å²) in [4.78, 5) is 18.9. The quantitative estimate of drug-likeness (QED) is 0.480. The highest BCUT2D eigenvalue weighted by molar-refractivity contribution is 6.29. The van der Waals surface area contributed by atoms with Crippen LogP contribution in [0.4, 0.5) is 10.2 Å². The fourth-order valence-electron chi connectivity index (χ4n) is 2.94. The molecule has 5 nitrogen and oxygen atoms in total. The highest BCUT2D eigenvalue weighted by Gasteiger charge is 2.14. The van der Waals surface area contributed by atoms with Gasteiger partial charge in [0.05, 0.1) is 12.2 Å². The Morgan fingerprint density at radius 1 is 0.889 bits per heavy atom. The van der Waals surface area contributed by atoms with Crippen molar-refractivity contribution in [3.05, 3.63) is 89.5 Å². The van der Waals surface area contributed by atoms with E-state index < -0.39 is 0 Å². The Balaban J connectivity index is 1.74. The highest BCUT2D eigenvalue weighted by atomic mass is 35.5. The number of pyridine rings is 2. The smallest absolute Gasteiger partial charge is 0.149 e. The molecule has 0 saturated carbocycles. The van der Waals surface area contributed by atoms with Crippen LogP contribution in [0.25, 0.3) is 10.9 Å². The molecule has 0 aliphatic carbocycles. The third kappa shape index (κ3) is 3.85. The zero-order chi connectivity index (χ0) is 18.6. The van der Waals surface area contributed by atoms with Gasteiger partial charge in [-0.05, 0) is 29.8 Å².